The number of fused-ring (bicyclic) bond motifs is 5. The second kappa shape index (κ2) is 8.48. The maximum atomic E-state index is 10.6. The van der Waals surface area contributed by atoms with Gasteiger partial charge < -0.3 is 5.11 Å². The van der Waals surface area contributed by atoms with Crippen molar-refractivity contribution >= 4 is 0 Å². The molecule has 1 N–H and O–H groups in total. The van der Waals surface area contributed by atoms with Crippen LogP contribution in [-0.2, 0) is 0 Å². The molecule has 4 aliphatic rings. The lowest BCUT2D eigenvalue weighted by molar-refractivity contribution is -0.148. The Bertz CT molecular complexity index is 678. The first-order chi connectivity index (χ1) is 14.5. The fraction of sp³-hybridized carbons (Fsp3) is 0.933. The predicted molar refractivity (Wildman–Crippen MR) is 133 cm³/mol. The Morgan fingerprint density at radius 3 is 2.13 bits per heavy atom. The fourth-order valence-electron chi connectivity index (χ4n) is 9.82. The first-order valence-electron chi connectivity index (χ1n) is 13.9. The van der Waals surface area contributed by atoms with Crippen LogP contribution >= 0.6 is 0 Å². The van der Waals surface area contributed by atoms with Gasteiger partial charge in [0, 0.05) is 0 Å². The van der Waals surface area contributed by atoms with E-state index in [9.17, 15) is 5.11 Å². The molecule has 1 nitrogen and oxygen atoms in total. The minimum atomic E-state index is -0.0524. The SMILES string of the molecule is CC(=C[C@@H](C)[C@H]1CC[C@H]2[C@@H]3CC[C@H]4[C@H](C)[C@@H](O)CC[C@]4(C)[C@H]3CC[C@]12C)C(C)C(C)C. The molecule has 0 aliphatic heterocycles. The molecule has 0 amide bonds. The maximum Gasteiger partial charge on any atom is 0.0568 e. The summed E-state index contributed by atoms with van der Waals surface area (Å²) < 4.78 is 0. The Labute approximate surface area is 193 Å². The van der Waals surface area contributed by atoms with Crippen LogP contribution in [0.4, 0.5) is 0 Å². The third-order valence-corrected chi connectivity index (χ3v) is 12.1. The van der Waals surface area contributed by atoms with Gasteiger partial charge in [0.05, 0.1) is 6.10 Å². The fourth-order valence-corrected chi connectivity index (χ4v) is 9.82. The van der Waals surface area contributed by atoms with Gasteiger partial charge in [0.25, 0.3) is 0 Å². The van der Waals surface area contributed by atoms with E-state index >= 15 is 0 Å². The van der Waals surface area contributed by atoms with E-state index in [1.807, 2.05) is 0 Å². The third kappa shape index (κ3) is 3.77. The standard InChI is InChI=1S/C30H52O/c1-18(2)21(5)19(3)17-20(4)24-11-12-26-23-9-10-25-22(6)28(31)14-16-30(25,8)27(23)13-15-29(24,26)7/h17-18,20-28,31H,9-16H2,1-8H3/t20-,21?,22+,23+,24-,25+,26+,27+,28+,29-,30+/m1/s1. The normalized spacial score (nSPS) is 49.9. The number of hydrogen-bond donors (Lipinski definition) is 1. The zero-order valence-corrected chi connectivity index (χ0v) is 22.0. The average molecular weight is 429 g/mol. The number of allylic oxidation sites excluding steroid dienone is 2. The first kappa shape index (κ1) is 23.8. The second-order valence-corrected chi connectivity index (χ2v) is 13.6. The lowest BCUT2D eigenvalue weighted by Gasteiger charge is -2.62. The van der Waals surface area contributed by atoms with Crippen LogP contribution < -0.4 is 0 Å². The van der Waals surface area contributed by atoms with Crippen LogP contribution in [0.25, 0.3) is 0 Å². The summed E-state index contributed by atoms with van der Waals surface area (Å²) in [5, 5.41) is 10.6. The Morgan fingerprint density at radius 2 is 1.45 bits per heavy atom. The average Bonchev–Trinajstić information content (AvgIpc) is 3.07. The molecule has 4 fully saturated rings. The highest BCUT2D eigenvalue weighted by molar-refractivity contribution is 5.13. The van der Waals surface area contributed by atoms with Gasteiger partial charge in [-0.1, -0.05) is 60.1 Å². The topological polar surface area (TPSA) is 20.2 Å². The minimum Gasteiger partial charge on any atom is -0.393 e. The molecule has 0 bridgehead atoms. The summed E-state index contributed by atoms with van der Waals surface area (Å²) in [5.74, 6) is 7.05. The van der Waals surface area contributed by atoms with Crippen LogP contribution in [0.15, 0.2) is 11.6 Å². The van der Waals surface area contributed by atoms with Crippen LogP contribution in [0.3, 0.4) is 0 Å². The molecule has 0 aromatic carbocycles. The van der Waals surface area contributed by atoms with Crippen molar-refractivity contribution in [2.75, 3.05) is 0 Å². The molecule has 1 heteroatoms. The second-order valence-electron chi connectivity index (χ2n) is 13.6. The Kier molecular flexibility index (Phi) is 6.53. The largest absolute Gasteiger partial charge is 0.393 e. The van der Waals surface area contributed by atoms with Crippen molar-refractivity contribution in [2.45, 2.75) is 113 Å². The summed E-state index contributed by atoms with van der Waals surface area (Å²) in [4.78, 5) is 0. The summed E-state index contributed by atoms with van der Waals surface area (Å²) in [7, 11) is 0. The highest BCUT2D eigenvalue weighted by Gasteiger charge is 2.61. The van der Waals surface area contributed by atoms with E-state index in [2.05, 4.69) is 61.5 Å². The molecule has 1 unspecified atom stereocenters. The van der Waals surface area contributed by atoms with Crippen molar-refractivity contribution in [1.29, 1.82) is 0 Å². The van der Waals surface area contributed by atoms with Crippen molar-refractivity contribution in [3.05, 3.63) is 11.6 Å². The van der Waals surface area contributed by atoms with E-state index in [0.717, 1.165) is 41.9 Å². The highest BCUT2D eigenvalue weighted by atomic mass is 16.3. The van der Waals surface area contributed by atoms with Gasteiger partial charge in [-0.2, -0.15) is 0 Å². The monoisotopic (exact) mass is 428 g/mol. The summed E-state index contributed by atoms with van der Waals surface area (Å²) in [6, 6.07) is 0. The molecule has 178 valence electrons. The third-order valence-electron chi connectivity index (χ3n) is 12.1. The van der Waals surface area contributed by atoms with Gasteiger partial charge in [0.1, 0.15) is 0 Å². The molecule has 0 heterocycles. The van der Waals surface area contributed by atoms with Crippen LogP contribution in [0.5, 0.6) is 0 Å². The molecule has 31 heavy (non-hydrogen) atoms. The first-order valence-corrected chi connectivity index (χ1v) is 13.9. The maximum absolute atomic E-state index is 10.6. The van der Waals surface area contributed by atoms with Crippen LogP contribution in [-0.4, -0.2) is 11.2 Å². The quantitative estimate of drug-likeness (QED) is 0.448. The lowest BCUT2D eigenvalue weighted by Crippen LogP contribution is -2.56. The van der Waals surface area contributed by atoms with Crippen LogP contribution in [0.2, 0.25) is 0 Å². The van der Waals surface area contributed by atoms with Crippen LogP contribution in [0.1, 0.15) is 107 Å². The smallest absolute Gasteiger partial charge is 0.0568 e. The van der Waals surface area contributed by atoms with Crippen molar-refractivity contribution in [3.63, 3.8) is 0 Å². The van der Waals surface area contributed by atoms with Crippen molar-refractivity contribution in [3.8, 4) is 0 Å². The van der Waals surface area contributed by atoms with E-state index < -0.39 is 0 Å². The Hall–Kier alpha value is -0.300. The minimum absolute atomic E-state index is 0.0524. The number of aliphatic hydroxyl groups is 1. The highest BCUT2D eigenvalue weighted by Crippen LogP contribution is 2.68. The number of aliphatic hydroxyl groups excluding tert-OH is 1. The molecule has 4 rings (SSSR count). The van der Waals surface area contributed by atoms with Gasteiger partial charge in [0.15, 0.2) is 0 Å². The molecule has 0 radical (unpaired) electrons. The Morgan fingerprint density at radius 1 is 0.839 bits per heavy atom. The molecule has 0 spiro atoms. The molecular formula is C30H52O. The van der Waals surface area contributed by atoms with E-state index in [4.69, 9.17) is 0 Å². The molecule has 0 aromatic heterocycles. The van der Waals surface area contributed by atoms with Crippen LogP contribution in [0, 0.1) is 64.1 Å². The Balaban J connectivity index is 1.53. The summed E-state index contributed by atoms with van der Waals surface area (Å²) in [6.45, 7) is 19.7. The van der Waals surface area contributed by atoms with Crippen molar-refractivity contribution in [1.82, 2.24) is 0 Å². The van der Waals surface area contributed by atoms with Crippen molar-refractivity contribution in [2.24, 2.45) is 64.1 Å². The lowest BCUT2D eigenvalue weighted by atomic mass is 9.43. The van der Waals surface area contributed by atoms with Gasteiger partial charge in [-0.25, -0.2) is 0 Å². The van der Waals surface area contributed by atoms with Gasteiger partial charge >= 0.3 is 0 Å². The van der Waals surface area contributed by atoms with E-state index in [-0.39, 0.29) is 6.10 Å². The van der Waals surface area contributed by atoms with Gasteiger partial charge in [0.2, 0.25) is 0 Å². The summed E-state index contributed by atoms with van der Waals surface area (Å²) >= 11 is 0. The zero-order valence-electron chi connectivity index (χ0n) is 22.0. The molecule has 4 saturated carbocycles. The molecule has 4 aliphatic carbocycles. The molecular weight excluding hydrogens is 376 g/mol. The zero-order chi connectivity index (χ0) is 22.7. The molecule has 0 saturated heterocycles. The van der Waals surface area contributed by atoms with Gasteiger partial charge in [-0.05, 0) is 122 Å². The molecule has 0 aromatic rings. The predicted octanol–water partition coefficient (Wildman–Crippen LogP) is 8.13. The number of hydrogen-bond acceptors (Lipinski definition) is 1. The van der Waals surface area contributed by atoms with E-state index in [0.29, 0.717) is 28.6 Å². The molecule has 11 atom stereocenters. The van der Waals surface area contributed by atoms with E-state index in [1.54, 1.807) is 5.57 Å². The van der Waals surface area contributed by atoms with Crippen molar-refractivity contribution < 1.29 is 5.11 Å². The van der Waals surface area contributed by atoms with Gasteiger partial charge in [-0.15, -0.1) is 0 Å². The summed E-state index contributed by atoms with van der Waals surface area (Å²) in [6.07, 6.45) is 13.5. The van der Waals surface area contributed by atoms with Gasteiger partial charge in [-0.3, -0.25) is 0 Å². The number of rotatable bonds is 4. The summed E-state index contributed by atoms with van der Waals surface area (Å²) in [5.41, 5.74) is 2.64. The van der Waals surface area contributed by atoms with E-state index in [1.165, 1.54) is 44.9 Å².